The van der Waals surface area contributed by atoms with Crippen LogP contribution in [0, 0.1) is 29.3 Å². The van der Waals surface area contributed by atoms with Crippen molar-refractivity contribution in [3.8, 4) is 0 Å². The van der Waals surface area contributed by atoms with Crippen LogP contribution in [0.3, 0.4) is 0 Å². The van der Waals surface area contributed by atoms with Gasteiger partial charge in [0.1, 0.15) is 0 Å². The van der Waals surface area contributed by atoms with Crippen LogP contribution in [0.2, 0.25) is 0 Å². The number of ketones is 1. The molecule has 0 amide bonds. The molecule has 104 valence electrons. The van der Waals surface area contributed by atoms with Crippen LogP contribution in [0.1, 0.15) is 49.4 Å². The van der Waals surface area contributed by atoms with Crippen molar-refractivity contribution in [2.24, 2.45) is 11.8 Å². The van der Waals surface area contributed by atoms with E-state index in [0.29, 0.717) is 5.92 Å². The SMILES string of the molecule is CCC1CCC(C(=O)c2cc(F)c(F)c(F)c2)CC1. The van der Waals surface area contributed by atoms with Gasteiger partial charge in [0, 0.05) is 11.5 Å². The Morgan fingerprint density at radius 2 is 1.63 bits per heavy atom. The number of carbonyl (C=O) groups excluding carboxylic acids is 1. The Hall–Kier alpha value is -1.32. The second-order valence-electron chi connectivity index (χ2n) is 5.24. The third-order valence-corrected chi connectivity index (χ3v) is 4.06. The maximum absolute atomic E-state index is 13.1. The molecule has 0 heterocycles. The molecule has 0 N–H and O–H groups in total. The largest absolute Gasteiger partial charge is 0.294 e. The molecule has 1 saturated carbocycles. The summed E-state index contributed by atoms with van der Waals surface area (Å²) in [7, 11) is 0. The maximum atomic E-state index is 13.1. The Bertz CT molecular complexity index is 453. The standard InChI is InChI=1S/C15H17F3O/c1-2-9-3-5-10(6-4-9)15(19)11-7-12(16)14(18)13(17)8-11/h7-10H,2-6H2,1H3. The first-order valence-corrected chi connectivity index (χ1v) is 6.71. The van der Waals surface area contributed by atoms with Gasteiger partial charge in [0.2, 0.25) is 0 Å². The summed E-state index contributed by atoms with van der Waals surface area (Å²) in [4.78, 5) is 12.2. The average Bonchev–Trinajstić information content (AvgIpc) is 2.43. The Balaban J connectivity index is 2.12. The fourth-order valence-corrected chi connectivity index (χ4v) is 2.77. The van der Waals surface area contributed by atoms with E-state index in [1.807, 2.05) is 0 Å². The van der Waals surface area contributed by atoms with Gasteiger partial charge in [-0.25, -0.2) is 13.2 Å². The zero-order chi connectivity index (χ0) is 14.0. The smallest absolute Gasteiger partial charge is 0.194 e. The summed E-state index contributed by atoms with van der Waals surface area (Å²) in [5.41, 5.74) is -0.0589. The molecule has 1 fully saturated rings. The highest BCUT2D eigenvalue weighted by Crippen LogP contribution is 2.32. The highest BCUT2D eigenvalue weighted by molar-refractivity contribution is 5.97. The zero-order valence-electron chi connectivity index (χ0n) is 10.9. The molecular formula is C15H17F3O. The minimum atomic E-state index is -1.52. The van der Waals surface area contributed by atoms with Gasteiger partial charge in [0.25, 0.3) is 0 Å². The molecule has 0 saturated heterocycles. The molecule has 0 unspecified atom stereocenters. The van der Waals surface area contributed by atoms with Crippen LogP contribution in [-0.4, -0.2) is 5.78 Å². The quantitative estimate of drug-likeness (QED) is 0.583. The summed E-state index contributed by atoms with van der Waals surface area (Å²) in [5.74, 6) is -3.94. The van der Waals surface area contributed by atoms with Gasteiger partial charge in [-0.05, 0) is 43.7 Å². The second-order valence-corrected chi connectivity index (χ2v) is 5.24. The van der Waals surface area contributed by atoms with E-state index < -0.39 is 17.5 Å². The summed E-state index contributed by atoms with van der Waals surface area (Å²) in [6.07, 6.45) is 4.54. The molecule has 1 aromatic rings. The Morgan fingerprint density at radius 3 is 2.11 bits per heavy atom. The van der Waals surface area contributed by atoms with Crippen LogP contribution in [0.4, 0.5) is 13.2 Å². The molecule has 0 radical (unpaired) electrons. The number of Topliss-reactive ketones (excluding diaryl/α,β-unsaturated/α-hetero) is 1. The Morgan fingerprint density at radius 1 is 1.11 bits per heavy atom. The molecule has 2 rings (SSSR count). The lowest BCUT2D eigenvalue weighted by Crippen LogP contribution is -2.22. The summed E-state index contributed by atoms with van der Waals surface area (Å²) in [5, 5.41) is 0. The predicted octanol–water partition coefficient (Wildman–Crippen LogP) is 4.50. The van der Waals surface area contributed by atoms with Gasteiger partial charge < -0.3 is 0 Å². The van der Waals surface area contributed by atoms with Crippen molar-refractivity contribution in [2.45, 2.75) is 39.0 Å². The van der Waals surface area contributed by atoms with Gasteiger partial charge in [0.15, 0.2) is 23.2 Å². The first-order chi connectivity index (χ1) is 9.02. The molecule has 1 aliphatic carbocycles. The van der Waals surface area contributed by atoms with E-state index in [1.165, 1.54) is 0 Å². The maximum Gasteiger partial charge on any atom is 0.194 e. The van der Waals surface area contributed by atoms with Crippen LogP contribution >= 0.6 is 0 Å². The van der Waals surface area contributed by atoms with E-state index in [9.17, 15) is 18.0 Å². The first kappa shape index (κ1) is 14.1. The topological polar surface area (TPSA) is 17.1 Å². The van der Waals surface area contributed by atoms with Crippen molar-refractivity contribution in [3.05, 3.63) is 35.1 Å². The average molecular weight is 270 g/mol. The van der Waals surface area contributed by atoms with Gasteiger partial charge in [-0.3, -0.25) is 4.79 Å². The third-order valence-electron chi connectivity index (χ3n) is 4.06. The van der Waals surface area contributed by atoms with Crippen LogP contribution in [0.25, 0.3) is 0 Å². The predicted molar refractivity (Wildman–Crippen MR) is 66.4 cm³/mol. The minimum absolute atomic E-state index is 0.0589. The van der Waals surface area contributed by atoms with E-state index in [2.05, 4.69) is 6.92 Å². The zero-order valence-corrected chi connectivity index (χ0v) is 10.9. The molecular weight excluding hydrogens is 253 g/mol. The lowest BCUT2D eigenvalue weighted by molar-refractivity contribution is 0.0870. The van der Waals surface area contributed by atoms with Gasteiger partial charge in [-0.15, -0.1) is 0 Å². The molecule has 1 aliphatic rings. The number of hydrogen-bond donors (Lipinski definition) is 0. The van der Waals surface area contributed by atoms with E-state index in [4.69, 9.17) is 0 Å². The van der Waals surface area contributed by atoms with Crippen molar-refractivity contribution in [2.75, 3.05) is 0 Å². The summed E-state index contributed by atoms with van der Waals surface area (Å²) < 4.78 is 39.1. The lowest BCUT2D eigenvalue weighted by atomic mass is 9.78. The number of carbonyl (C=O) groups is 1. The van der Waals surface area contributed by atoms with Gasteiger partial charge in [-0.2, -0.15) is 0 Å². The van der Waals surface area contributed by atoms with Crippen LogP contribution in [0.5, 0.6) is 0 Å². The lowest BCUT2D eigenvalue weighted by Gasteiger charge is -2.26. The molecule has 0 aromatic heterocycles. The summed E-state index contributed by atoms with van der Waals surface area (Å²) >= 11 is 0. The molecule has 19 heavy (non-hydrogen) atoms. The fourth-order valence-electron chi connectivity index (χ4n) is 2.77. The van der Waals surface area contributed by atoms with Gasteiger partial charge >= 0.3 is 0 Å². The van der Waals surface area contributed by atoms with E-state index in [1.54, 1.807) is 0 Å². The van der Waals surface area contributed by atoms with Crippen LogP contribution in [0.15, 0.2) is 12.1 Å². The van der Waals surface area contributed by atoms with Gasteiger partial charge in [0.05, 0.1) is 0 Å². The summed E-state index contributed by atoms with van der Waals surface area (Å²) in [6, 6.07) is 1.60. The Kier molecular flexibility index (Phi) is 4.27. The Labute approximate surface area is 110 Å². The molecule has 0 spiro atoms. The van der Waals surface area contributed by atoms with E-state index in [-0.39, 0.29) is 17.3 Å². The molecule has 1 aromatic carbocycles. The highest BCUT2D eigenvalue weighted by atomic mass is 19.2. The monoisotopic (exact) mass is 270 g/mol. The van der Waals surface area contributed by atoms with Crippen LogP contribution in [-0.2, 0) is 0 Å². The molecule has 0 atom stereocenters. The normalized spacial score (nSPS) is 23.4. The van der Waals surface area contributed by atoms with E-state index in [0.717, 1.165) is 44.2 Å². The van der Waals surface area contributed by atoms with Crippen molar-refractivity contribution < 1.29 is 18.0 Å². The number of halogens is 3. The van der Waals surface area contributed by atoms with E-state index >= 15 is 0 Å². The minimum Gasteiger partial charge on any atom is -0.294 e. The number of hydrogen-bond acceptors (Lipinski definition) is 1. The van der Waals surface area contributed by atoms with Crippen molar-refractivity contribution in [3.63, 3.8) is 0 Å². The number of benzene rings is 1. The van der Waals surface area contributed by atoms with Gasteiger partial charge in [-0.1, -0.05) is 13.3 Å². The summed E-state index contributed by atoms with van der Waals surface area (Å²) in [6.45, 7) is 2.12. The van der Waals surface area contributed by atoms with Crippen molar-refractivity contribution in [1.82, 2.24) is 0 Å². The number of rotatable bonds is 3. The third kappa shape index (κ3) is 2.99. The molecule has 1 nitrogen and oxygen atoms in total. The molecule has 0 bridgehead atoms. The molecule has 4 heteroatoms. The fraction of sp³-hybridized carbons (Fsp3) is 0.533. The van der Waals surface area contributed by atoms with Crippen LogP contribution < -0.4 is 0 Å². The second kappa shape index (κ2) is 5.76. The molecule has 0 aliphatic heterocycles. The van der Waals surface area contributed by atoms with Crippen molar-refractivity contribution in [1.29, 1.82) is 0 Å². The van der Waals surface area contributed by atoms with Crippen molar-refractivity contribution >= 4 is 5.78 Å². The highest BCUT2D eigenvalue weighted by Gasteiger charge is 2.27. The first-order valence-electron chi connectivity index (χ1n) is 6.71.